The zero-order valence-electron chi connectivity index (χ0n) is 15.9. The van der Waals surface area contributed by atoms with Crippen LogP contribution in [0.5, 0.6) is 0 Å². The molecule has 1 atom stereocenters. The lowest BCUT2D eigenvalue weighted by Crippen LogP contribution is -2.41. The fourth-order valence-corrected chi connectivity index (χ4v) is 4.26. The Morgan fingerprint density at radius 2 is 1.66 bits per heavy atom. The molecule has 0 radical (unpaired) electrons. The number of Topliss-reactive ketones (excluding diaryl/α,β-unsaturated/α-hetero) is 1. The maximum Gasteiger partial charge on any atom is 0.418 e. The number of halogens is 3. The predicted molar refractivity (Wildman–Crippen MR) is 103 cm³/mol. The molecule has 1 unspecified atom stereocenters. The van der Waals surface area contributed by atoms with Gasteiger partial charge in [-0.05, 0) is 37.5 Å². The van der Waals surface area contributed by atoms with Crippen molar-refractivity contribution in [3.05, 3.63) is 76.5 Å². The van der Waals surface area contributed by atoms with Crippen molar-refractivity contribution in [2.75, 3.05) is 4.90 Å². The number of rotatable bonds is 2. The molecule has 29 heavy (non-hydrogen) atoms. The van der Waals surface area contributed by atoms with Crippen molar-refractivity contribution in [1.82, 2.24) is 0 Å². The molecule has 1 aliphatic heterocycles. The van der Waals surface area contributed by atoms with E-state index in [4.69, 9.17) is 0 Å². The van der Waals surface area contributed by atoms with E-state index in [0.717, 1.165) is 22.1 Å². The van der Waals surface area contributed by atoms with Gasteiger partial charge in [-0.1, -0.05) is 42.0 Å². The van der Waals surface area contributed by atoms with Crippen LogP contribution in [0, 0.1) is 6.92 Å². The van der Waals surface area contributed by atoms with Gasteiger partial charge in [0.05, 0.1) is 11.3 Å². The molecule has 1 heterocycles. The highest BCUT2D eigenvalue weighted by molar-refractivity contribution is 6.07. The number of hydrogen-bond acceptors (Lipinski definition) is 2. The molecular weight excluding hydrogens is 379 g/mol. The number of carbonyl (C=O) groups is 2. The van der Waals surface area contributed by atoms with Crippen molar-refractivity contribution in [3.63, 3.8) is 0 Å². The summed E-state index contributed by atoms with van der Waals surface area (Å²) in [6.07, 6.45) is -3.34. The highest BCUT2D eigenvalue weighted by Gasteiger charge is 2.43. The minimum absolute atomic E-state index is 0.0280. The normalized spacial score (nSPS) is 20.1. The summed E-state index contributed by atoms with van der Waals surface area (Å²) in [6, 6.07) is 12.7. The van der Waals surface area contributed by atoms with Gasteiger partial charge in [0, 0.05) is 30.0 Å². The third-order valence-electron chi connectivity index (χ3n) is 5.61. The zero-order valence-corrected chi connectivity index (χ0v) is 15.9. The number of para-hydroxylation sites is 1. The first-order valence-electron chi connectivity index (χ1n) is 9.59. The lowest BCUT2D eigenvalue weighted by atomic mass is 9.77. The first-order chi connectivity index (χ1) is 13.8. The molecule has 150 valence electrons. The highest BCUT2D eigenvalue weighted by Crippen LogP contribution is 2.46. The topological polar surface area (TPSA) is 37.4 Å². The number of anilines is 1. The molecule has 1 aliphatic carbocycles. The van der Waals surface area contributed by atoms with Gasteiger partial charge < -0.3 is 0 Å². The Morgan fingerprint density at radius 3 is 2.34 bits per heavy atom. The Bertz CT molecular complexity index is 1010. The third-order valence-corrected chi connectivity index (χ3v) is 5.61. The van der Waals surface area contributed by atoms with Crippen LogP contribution in [0.15, 0.2) is 59.8 Å². The highest BCUT2D eigenvalue weighted by atomic mass is 19.4. The van der Waals surface area contributed by atoms with Crippen LogP contribution in [0.4, 0.5) is 18.9 Å². The van der Waals surface area contributed by atoms with Crippen LogP contribution in [0.25, 0.3) is 0 Å². The molecule has 4 rings (SSSR count). The maximum atomic E-state index is 13.6. The molecule has 0 saturated heterocycles. The van der Waals surface area contributed by atoms with Crippen LogP contribution >= 0.6 is 0 Å². The average molecular weight is 399 g/mol. The standard InChI is InChI=1S/C23H20F3NO2/c1-14-9-11-15(12-10-14)16-13-21(29)27(19-7-4-8-20(28)22(16)19)18-6-3-2-5-17(18)23(24,25)26/h2-3,5-6,9-12,16H,4,7-8,13H2,1H3. The van der Waals surface area contributed by atoms with Crippen molar-refractivity contribution in [2.24, 2.45) is 0 Å². The second-order valence-corrected chi connectivity index (χ2v) is 7.55. The molecule has 0 spiro atoms. The van der Waals surface area contributed by atoms with E-state index in [1.165, 1.54) is 18.2 Å². The molecule has 0 bridgehead atoms. The number of nitrogens with zero attached hydrogens (tertiary/aromatic N) is 1. The summed E-state index contributed by atoms with van der Waals surface area (Å²) < 4.78 is 40.8. The molecule has 2 aromatic rings. The van der Waals surface area contributed by atoms with Crippen LogP contribution in [-0.2, 0) is 15.8 Å². The number of aryl methyl sites for hydroxylation is 1. The Balaban J connectivity index is 1.89. The van der Waals surface area contributed by atoms with E-state index in [0.29, 0.717) is 30.5 Å². The van der Waals surface area contributed by atoms with Crippen molar-refractivity contribution < 1.29 is 22.8 Å². The molecule has 3 nitrogen and oxygen atoms in total. The fourth-order valence-electron chi connectivity index (χ4n) is 4.26. The number of amides is 1. The summed E-state index contributed by atoms with van der Waals surface area (Å²) in [4.78, 5) is 27.1. The van der Waals surface area contributed by atoms with Crippen LogP contribution in [-0.4, -0.2) is 11.7 Å². The van der Waals surface area contributed by atoms with Gasteiger partial charge in [-0.25, -0.2) is 0 Å². The summed E-state index contributed by atoms with van der Waals surface area (Å²) in [5.41, 5.74) is 1.73. The maximum absolute atomic E-state index is 13.6. The SMILES string of the molecule is Cc1ccc(C2CC(=O)N(c3ccccc3C(F)(F)F)C3=C2C(=O)CCC3)cc1. The van der Waals surface area contributed by atoms with E-state index in [2.05, 4.69) is 0 Å². The van der Waals surface area contributed by atoms with Crippen molar-refractivity contribution >= 4 is 17.4 Å². The first-order valence-corrected chi connectivity index (χ1v) is 9.59. The Labute approximate surface area is 166 Å². The molecule has 0 fully saturated rings. The van der Waals surface area contributed by atoms with Gasteiger partial charge >= 0.3 is 6.18 Å². The van der Waals surface area contributed by atoms with Crippen LogP contribution in [0.3, 0.4) is 0 Å². The smallest absolute Gasteiger partial charge is 0.294 e. The van der Waals surface area contributed by atoms with Crippen LogP contribution in [0.2, 0.25) is 0 Å². The molecule has 0 aromatic heterocycles. The zero-order chi connectivity index (χ0) is 20.8. The largest absolute Gasteiger partial charge is 0.418 e. The molecular formula is C23H20F3NO2. The minimum atomic E-state index is -4.59. The fraction of sp³-hybridized carbons (Fsp3) is 0.304. The van der Waals surface area contributed by atoms with E-state index in [1.54, 1.807) is 0 Å². The summed E-state index contributed by atoms with van der Waals surface area (Å²) in [5, 5.41) is 0. The molecule has 0 N–H and O–H groups in total. The minimum Gasteiger partial charge on any atom is -0.294 e. The predicted octanol–water partition coefficient (Wildman–Crippen LogP) is 5.54. The van der Waals surface area contributed by atoms with Crippen LogP contribution in [0.1, 0.15) is 48.3 Å². The lowest BCUT2D eigenvalue weighted by molar-refractivity contribution is -0.137. The van der Waals surface area contributed by atoms with E-state index in [9.17, 15) is 22.8 Å². The van der Waals surface area contributed by atoms with Crippen molar-refractivity contribution in [2.45, 2.75) is 44.7 Å². The Morgan fingerprint density at radius 1 is 0.966 bits per heavy atom. The third kappa shape index (κ3) is 3.48. The number of ketones is 1. The number of carbonyl (C=O) groups excluding carboxylic acids is 2. The summed E-state index contributed by atoms with van der Waals surface area (Å²) >= 11 is 0. The Kier molecular flexibility index (Phi) is 4.81. The van der Waals surface area contributed by atoms with E-state index in [1.807, 2.05) is 31.2 Å². The van der Waals surface area contributed by atoms with Gasteiger partial charge in [0.25, 0.3) is 0 Å². The average Bonchev–Trinajstić information content (AvgIpc) is 2.67. The summed E-state index contributed by atoms with van der Waals surface area (Å²) in [5.74, 6) is -0.917. The quantitative estimate of drug-likeness (QED) is 0.665. The second kappa shape index (κ2) is 7.17. The van der Waals surface area contributed by atoms with Crippen LogP contribution < -0.4 is 4.90 Å². The van der Waals surface area contributed by atoms with Crippen molar-refractivity contribution in [3.8, 4) is 0 Å². The number of alkyl halides is 3. The lowest BCUT2D eigenvalue weighted by Gasteiger charge is -2.39. The first kappa shape index (κ1) is 19.4. The van der Waals surface area contributed by atoms with E-state index in [-0.39, 0.29) is 17.9 Å². The van der Waals surface area contributed by atoms with Gasteiger partial charge in [-0.2, -0.15) is 13.2 Å². The number of hydrogen-bond donors (Lipinski definition) is 0. The summed E-state index contributed by atoms with van der Waals surface area (Å²) in [6.45, 7) is 1.95. The number of benzene rings is 2. The van der Waals surface area contributed by atoms with E-state index >= 15 is 0 Å². The molecule has 6 heteroatoms. The number of allylic oxidation sites excluding steroid dienone is 2. The van der Waals surface area contributed by atoms with Gasteiger partial charge in [0.1, 0.15) is 0 Å². The summed E-state index contributed by atoms with van der Waals surface area (Å²) in [7, 11) is 0. The van der Waals surface area contributed by atoms with Gasteiger partial charge in [-0.15, -0.1) is 0 Å². The molecule has 2 aliphatic rings. The molecule has 2 aromatic carbocycles. The van der Waals surface area contributed by atoms with E-state index < -0.39 is 23.6 Å². The molecule has 0 saturated carbocycles. The van der Waals surface area contributed by atoms with Gasteiger partial charge in [0.2, 0.25) is 5.91 Å². The van der Waals surface area contributed by atoms with Gasteiger partial charge in [0.15, 0.2) is 5.78 Å². The second-order valence-electron chi connectivity index (χ2n) is 7.55. The Hall–Kier alpha value is -2.89. The van der Waals surface area contributed by atoms with Crippen molar-refractivity contribution in [1.29, 1.82) is 0 Å². The molecule has 1 amide bonds. The monoisotopic (exact) mass is 399 g/mol. The van der Waals surface area contributed by atoms with Gasteiger partial charge in [-0.3, -0.25) is 14.5 Å².